The molecule has 23 heavy (non-hydrogen) atoms. The van der Waals surface area contributed by atoms with Crippen LogP contribution in [0.1, 0.15) is 22.3 Å². The van der Waals surface area contributed by atoms with Gasteiger partial charge in [-0.1, -0.05) is 0 Å². The lowest BCUT2D eigenvalue weighted by Crippen LogP contribution is -2.45. The lowest BCUT2D eigenvalue weighted by Gasteiger charge is -2.33. The number of nitrogen functional groups attached to an aromatic ring is 1. The molecule has 1 aliphatic rings. The van der Waals surface area contributed by atoms with Crippen molar-refractivity contribution in [1.82, 2.24) is 20.1 Å². The highest BCUT2D eigenvalue weighted by atomic mass is 16.5. The van der Waals surface area contributed by atoms with Crippen LogP contribution in [-0.4, -0.2) is 51.8 Å². The first kappa shape index (κ1) is 15.4. The summed E-state index contributed by atoms with van der Waals surface area (Å²) in [5, 5.41) is 7.45. The van der Waals surface area contributed by atoms with Crippen LogP contribution in [0, 0.1) is 0 Å². The van der Waals surface area contributed by atoms with Gasteiger partial charge in [0, 0.05) is 19.3 Å². The summed E-state index contributed by atoms with van der Waals surface area (Å²) in [4.78, 5) is 18.2. The third-order valence-corrected chi connectivity index (χ3v) is 3.86. The largest absolute Gasteiger partial charge is 0.384 e. The van der Waals surface area contributed by atoms with Gasteiger partial charge in [0.05, 0.1) is 30.7 Å². The Labute approximate surface area is 134 Å². The number of rotatable bonds is 4. The van der Waals surface area contributed by atoms with Gasteiger partial charge < -0.3 is 15.4 Å². The number of hydrogen-bond donors (Lipinski definition) is 1. The van der Waals surface area contributed by atoms with Gasteiger partial charge in [-0.3, -0.25) is 4.79 Å². The summed E-state index contributed by atoms with van der Waals surface area (Å²) in [6, 6.07) is 5.50. The monoisotopic (exact) mass is 313 g/mol. The Morgan fingerprint density at radius 2 is 2.26 bits per heavy atom. The van der Waals surface area contributed by atoms with Gasteiger partial charge in [0.2, 0.25) is 0 Å². The first-order valence-corrected chi connectivity index (χ1v) is 7.60. The highest BCUT2D eigenvalue weighted by molar-refractivity contribution is 5.93. The molecule has 120 valence electrons. The van der Waals surface area contributed by atoms with Crippen molar-refractivity contribution in [2.75, 3.05) is 25.4 Å². The van der Waals surface area contributed by atoms with Crippen molar-refractivity contribution >= 4 is 11.7 Å². The summed E-state index contributed by atoms with van der Waals surface area (Å²) in [7, 11) is 0. The fraction of sp³-hybridized carbons (Fsp3) is 0.375. The average molecular weight is 313 g/mol. The van der Waals surface area contributed by atoms with E-state index in [2.05, 4.69) is 15.2 Å². The number of carbonyl (C=O) groups is 1. The predicted molar refractivity (Wildman–Crippen MR) is 84.6 cm³/mol. The Hall–Kier alpha value is -2.54. The first-order chi connectivity index (χ1) is 11.2. The van der Waals surface area contributed by atoms with E-state index >= 15 is 0 Å². The van der Waals surface area contributed by atoms with Crippen LogP contribution in [0.25, 0.3) is 0 Å². The maximum absolute atomic E-state index is 12.4. The van der Waals surface area contributed by atoms with E-state index in [0.717, 1.165) is 18.4 Å². The van der Waals surface area contributed by atoms with Crippen molar-refractivity contribution in [2.24, 2.45) is 0 Å². The predicted octanol–water partition coefficient (Wildman–Crippen LogP) is 0.928. The van der Waals surface area contributed by atoms with Gasteiger partial charge >= 0.3 is 0 Å². The standard InChI is InChI=1S/C16H19N5O2/c17-15-9-12(3-5-18-15)1-2-14-11-21(7-8-23-14)16(22)13-4-6-19-20-10-13/h3-6,9-10,14H,1-2,7-8,11H2,(H2,17,18)/t14-/m0/s1. The normalized spacial score (nSPS) is 17.9. The highest BCUT2D eigenvalue weighted by Gasteiger charge is 2.25. The van der Waals surface area contributed by atoms with Gasteiger partial charge in [-0.15, -0.1) is 0 Å². The summed E-state index contributed by atoms with van der Waals surface area (Å²) in [6.07, 6.45) is 6.43. The quantitative estimate of drug-likeness (QED) is 0.902. The van der Waals surface area contributed by atoms with Crippen LogP contribution >= 0.6 is 0 Å². The molecule has 7 heteroatoms. The average Bonchev–Trinajstić information content (AvgIpc) is 2.60. The molecular formula is C16H19N5O2. The van der Waals surface area contributed by atoms with Crippen LogP contribution in [0.3, 0.4) is 0 Å². The number of hydrogen-bond acceptors (Lipinski definition) is 6. The van der Waals surface area contributed by atoms with Gasteiger partial charge in [-0.2, -0.15) is 10.2 Å². The number of aromatic nitrogens is 3. The SMILES string of the molecule is Nc1cc(CC[C@H]2CN(C(=O)c3ccnnc3)CCO2)ccn1. The van der Waals surface area contributed by atoms with E-state index in [4.69, 9.17) is 10.5 Å². The summed E-state index contributed by atoms with van der Waals surface area (Å²) in [6.45, 7) is 1.73. The molecule has 0 bridgehead atoms. The van der Waals surface area contributed by atoms with E-state index in [1.165, 1.54) is 12.4 Å². The van der Waals surface area contributed by atoms with E-state index in [-0.39, 0.29) is 12.0 Å². The number of carbonyl (C=O) groups excluding carboxylic acids is 1. The molecule has 2 aromatic heterocycles. The Balaban J connectivity index is 1.57. The topological polar surface area (TPSA) is 94.2 Å². The molecule has 1 amide bonds. The molecule has 1 atom stereocenters. The van der Waals surface area contributed by atoms with Crippen LogP contribution in [0.2, 0.25) is 0 Å². The van der Waals surface area contributed by atoms with Crippen molar-refractivity contribution in [3.05, 3.63) is 47.9 Å². The third-order valence-electron chi connectivity index (χ3n) is 3.86. The van der Waals surface area contributed by atoms with E-state index in [0.29, 0.717) is 31.1 Å². The van der Waals surface area contributed by atoms with Gasteiger partial charge in [0.15, 0.2) is 0 Å². The Morgan fingerprint density at radius 1 is 1.35 bits per heavy atom. The molecule has 3 rings (SSSR count). The van der Waals surface area contributed by atoms with Crippen LogP contribution in [0.15, 0.2) is 36.8 Å². The number of pyridine rings is 1. The molecule has 2 N–H and O–H groups in total. The number of amides is 1. The van der Waals surface area contributed by atoms with Crippen molar-refractivity contribution < 1.29 is 9.53 Å². The number of anilines is 1. The highest BCUT2D eigenvalue weighted by Crippen LogP contribution is 2.15. The smallest absolute Gasteiger partial charge is 0.255 e. The Bertz CT molecular complexity index is 665. The van der Waals surface area contributed by atoms with Crippen molar-refractivity contribution in [1.29, 1.82) is 0 Å². The summed E-state index contributed by atoms with van der Waals surface area (Å²) in [5.74, 6) is 0.496. The molecule has 0 radical (unpaired) electrons. The number of ether oxygens (including phenoxy) is 1. The third kappa shape index (κ3) is 4.01. The van der Waals surface area contributed by atoms with Crippen molar-refractivity contribution in [3.63, 3.8) is 0 Å². The lowest BCUT2D eigenvalue weighted by atomic mass is 10.1. The molecule has 7 nitrogen and oxygen atoms in total. The molecule has 0 unspecified atom stereocenters. The lowest BCUT2D eigenvalue weighted by molar-refractivity contribution is -0.0246. The van der Waals surface area contributed by atoms with E-state index in [1.807, 2.05) is 17.0 Å². The summed E-state index contributed by atoms with van der Waals surface area (Å²) in [5.41, 5.74) is 7.37. The minimum absolute atomic E-state index is 0.0249. The number of nitrogens with zero attached hydrogens (tertiary/aromatic N) is 4. The zero-order valence-corrected chi connectivity index (χ0v) is 12.8. The van der Waals surface area contributed by atoms with Crippen molar-refractivity contribution in [2.45, 2.75) is 18.9 Å². The van der Waals surface area contributed by atoms with Crippen LogP contribution in [-0.2, 0) is 11.2 Å². The fourth-order valence-electron chi connectivity index (χ4n) is 2.66. The van der Waals surface area contributed by atoms with Crippen LogP contribution in [0.4, 0.5) is 5.82 Å². The van der Waals surface area contributed by atoms with Gasteiger partial charge in [-0.25, -0.2) is 4.98 Å². The first-order valence-electron chi connectivity index (χ1n) is 7.60. The minimum atomic E-state index is -0.0265. The molecule has 0 aromatic carbocycles. The summed E-state index contributed by atoms with van der Waals surface area (Å²) < 4.78 is 5.78. The number of aryl methyl sites for hydroxylation is 1. The maximum atomic E-state index is 12.4. The Kier molecular flexibility index (Phi) is 4.77. The zero-order valence-electron chi connectivity index (χ0n) is 12.8. The maximum Gasteiger partial charge on any atom is 0.255 e. The molecular weight excluding hydrogens is 294 g/mol. The van der Waals surface area contributed by atoms with E-state index < -0.39 is 0 Å². The molecule has 0 aliphatic carbocycles. The van der Waals surface area contributed by atoms with Crippen molar-refractivity contribution in [3.8, 4) is 0 Å². The molecule has 1 fully saturated rings. The second-order valence-corrected chi connectivity index (χ2v) is 5.50. The molecule has 0 saturated carbocycles. The molecule has 1 saturated heterocycles. The van der Waals surface area contributed by atoms with Crippen LogP contribution in [0.5, 0.6) is 0 Å². The fourth-order valence-corrected chi connectivity index (χ4v) is 2.66. The van der Waals surface area contributed by atoms with Gasteiger partial charge in [0.25, 0.3) is 5.91 Å². The second-order valence-electron chi connectivity index (χ2n) is 5.50. The summed E-state index contributed by atoms with van der Waals surface area (Å²) >= 11 is 0. The number of nitrogens with two attached hydrogens (primary N) is 1. The molecule has 2 aromatic rings. The number of morpholine rings is 1. The Morgan fingerprint density at radius 3 is 3.04 bits per heavy atom. The molecule has 3 heterocycles. The van der Waals surface area contributed by atoms with Crippen LogP contribution < -0.4 is 5.73 Å². The molecule has 0 spiro atoms. The van der Waals surface area contributed by atoms with Gasteiger partial charge in [-0.05, 0) is 36.6 Å². The van der Waals surface area contributed by atoms with E-state index in [1.54, 1.807) is 12.3 Å². The minimum Gasteiger partial charge on any atom is -0.384 e. The van der Waals surface area contributed by atoms with Gasteiger partial charge in [0.1, 0.15) is 5.82 Å². The second kappa shape index (κ2) is 7.15. The van der Waals surface area contributed by atoms with E-state index in [9.17, 15) is 4.79 Å². The molecule has 1 aliphatic heterocycles. The zero-order chi connectivity index (χ0) is 16.1.